The first-order valence-electron chi connectivity index (χ1n) is 3.24. The number of rotatable bonds is 2. The van der Waals surface area contributed by atoms with Gasteiger partial charge in [0.2, 0.25) is 0 Å². The fourth-order valence-corrected chi connectivity index (χ4v) is 1.09. The van der Waals surface area contributed by atoms with Gasteiger partial charge in [-0.05, 0) is 12.1 Å². The number of nitrogens with zero attached hydrogens (tertiary/aromatic N) is 1. The first-order chi connectivity index (χ1) is 5.65. The van der Waals surface area contributed by atoms with Gasteiger partial charge in [0, 0.05) is 17.3 Å². The van der Waals surface area contributed by atoms with Crippen LogP contribution in [0.5, 0.6) is 0 Å². The molecular formula is C7H7ClN2O2. The lowest BCUT2D eigenvalue weighted by molar-refractivity contribution is -0.385. The molecule has 0 saturated heterocycles. The van der Waals surface area contributed by atoms with E-state index in [2.05, 4.69) is 0 Å². The van der Waals surface area contributed by atoms with E-state index in [1.54, 1.807) is 12.1 Å². The Morgan fingerprint density at radius 3 is 2.75 bits per heavy atom. The van der Waals surface area contributed by atoms with Gasteiger partial charge in [0.05, 0.1) is 10.8 Å². The predicted molar refractivity (Wildman–Crippen MR) is 47.1 cm³/mol. The molecule has 1 aromatic carbocycles. The van der Waals surface area contributed by atoms with Crippen molar-refractivity contribution in [1.29, 1.82) is 0 Å². The molecule has 0 fully saturated rings. The zero-order valence-electron chi connectivity index (χ0n) is 6.16. The third-order valence-corrected chi connectivity index (χ3v) is 1.74. The number of nitrogen functional groups attached to an aromatic ring is 1. The van der Waals surface area contributed by atoms with Gasteiger partial charge in [0.1, 0.15) is 0 Å². The number of nitro groups is 1. The second-order valence-corrected chi connectivity index (χ2v) is 2.55. The molecule has 0 aliphatic rings. The lowest BCUT2D eigenvalue weighted by atomic mass is 10.2. The summed E-state index contributed by atoms with van der Waals surface area (Å²) in [4.78, 5) is 9.93. The second kappa shape index (κ2) is 3.40. The van der Waals surface area contributed by atoms with Crippen LogP contribution < -0.4 is 5.73 Å². The van der Waals surface area contributed by atoms with Gasteiger partial charge in [0.25, 0.3) is 5.69 Å². The van der Waals surface area contributed by atoms with Gasteiger partial charge in [-0.15, -0.1) is 11.6 Å². The van der Waals surface area contributed by atoms with Crippen LogP contribution in [0.4, 0.5) is 11.4 Å². The summed E-state index contributed by atoms with van der Waals surface area (Å²) in [7, 11) is 0. The van der Waals surface area contributed by atoms with E-state index in [9.17, 15) is 10.1 Å². The predicted octanol–water partition coefficient (Wildman–Crippen LogP) is 1.92. The standard InChI is InChI=1S/C7H7ClN2O2/c8-4-5-1-2-6(9)3-7(5)10(11)12/h1-3H,4,9H2. The van der Waals surface area contributed by atoms with Gasteiger partial charge in [-0.1, -0.05) is 0 Å². The molecule has 0 aliphatic carbocycles. The van der Waals surface area contributed by atoms with Crippen molar-refractivity contribution in [3.05, 3.63) is 33.9 Å². The topological polar surface area (TPSA) is 69.2 Å². The summed E-state index contributed by atoms with van der Waals surface area (Å²) >= 11 is 5.48. The van der Waals surface area contributed by atoms with Crippen LogP contribution in [0.1, 0.15) is 5.56 Å². The van der Waals surface area contributed by atoms with Crippen molar-refractivity contribution in [3.8, 4) is 0 Å². The van der Waals surface area contributed by atoms with E-state index < -0.39 is 4.92 Å². The van der Waals surface area contributed by atoms with Crippen LogP contribution in [-0.2, 0) is 5.88 Å². The largest absolute Gasteiger partial charge is 0.399 e. The van der Waals surface area contributed by atoms with E-state index in [1.807, 2.05) is 0 Å². The van der Waals surface area contributed by atoms with Crippen LogP contribution in [0.25, 0.3) is 0 Å². The first kappa shape index (κ1) is 8.80. The molecule has 0 amide bonds. The van der Waals surface area contributed by atoms with E-state index in [4.69, 9.17) is 17.3 Å². The van der Waals surface area contributed by atoms with E-state index in [-0.39, 0.29) is 11.6 Å². The monoisotopic (exact) mass is 186 g/mol. The highest BCUT2D eigenvalue weighted by Gasteiger charge is 2.12. The van der Waals surface area contributed by atoms with Gasteiger partial charge in [-0.3, -0.25) is 10.1 Å². The van der Waals surface area contributed by atoms with Gasteiger partial charge in [-0.25, -0.2) is 0 Å². The minimum absolute atomic E-state index is 0.0231. The van der Waals surface area contributed by atoms with Crippen molar-refractivity contribution < 1.29 is 4.92 Å². The van der Waals surface area contributed by atoms with Crippen molar-refractivity contribution in [2.45, 2.75) is 5.88 Å². The molecule has 0 radical (unpaired) electrons. The lowest BCUT2D eigenvalue weighted by Gasteiger charge is -1.98. The van der Waals surface area contributed by atoms with E-state index >= 15 is 0 Å². The maximum atomic E-state index is 10.4. The molecular weight excluding hydrogens is 180 g/mol. The number of nitro benzene ring substituents is 1. The minimum Gasteiger partial charge on any atom is -0.399 e. The SMILES string of the molecule is Nc1ccc(CCl)c([N+](=O)[O-])c1. The van der Waals surface area contributed by atoms with E-state index in [1.165, 1.54) is 6.07 Å². The average Bonchev–Trinajstić information content (AvgIpc) is 2.04. The molecule has 12 heavy (non-hydrogen) atoms. The molecule has 0 aliphatic heterocycles. The molecule has 1 rings (SSSR count). The molecule has 0 bridgehead atoms. The molecule has 0 heterocycles. The van der Waals surface area contributed by atoms with Gasteiger partial charge < -0.3 is 5.73 Å². The highest BCUT2D eigenvalue weighted by molar-refractivity contribution is 6.17. The number of anilines is 1. The van der Waals surface area contributed by atoms with Crippen LogP contribution in [0, 0.1) is 10.1 Å². The van der Waals surface area contributed by atoms with Crippen LogP contribution in [0.3, 0.4) is 0 Å². The zero-order valence-corrected chi connectivity index (χ0v) is 6.91. The highest BCUT2D eigenvalue weighted by Crippen LogP contribution is 2.22. The van der Waals surface area contributed by atoms with Crippen molar-refractivity contribution in [1.82, 2.24) is 0 Å². The van der Waals surface area contributed by atoms with Gasteiger partial charge in [-0.2, -0.15) is 0 Å². The van der Waals surface area contributed by atoms with E-state index in [0.29, 0.717) is 11.3 Å². The highest BCUT2D eigenvalue weighted by atomic mass is 35.5. The quantitative estimate of drug-likeness (QED) is 0.332. The van der Waals surface area contributed by atoms with E-state index in [0.717, 1.165) is 0 Å². The molecule has 2 N–H and O–H groups in total. The van der Waals surface area contributed by atoms with Crippen LogP contribution in [0.15, 0.2) is 18.2 Å². The van der Waals surface area contributed by atoms with Crippen LogP contribution >= 0.6 is 11.6 Å². The molecule has 0 spiro atoms. The fourth-order valence-electron chi connectivity index (χ4n) is 0.864. The van der Waals surface area contributed by atoms with Crippen molar-refractivity contribution in [3.63, 3.8) is 0 Å². The first-order valence-corrected chi connectivity index (χ1v) is 3.77. The second-order valence-electron chi connectivity index (χ2n) is 2.28. The molecule has 0 saturated carbocycles. The summed E-state index contributed by atoms with van der Waals surface area (Å²) in [6.07, 6.45) is 0. The summed E-state index contributed by atoms with van der Waals surface area (Å²) in [5, 5.41) is 10.4. The number of hydrogen-bond donors (Lipinski definition) is 1. The van der Waals surface area contributed by atoms with Crippen LogP contribution in [-0.4, -0.2) is 4.92 Å². The summed E-state index contributed by atoms with van der Waals surface area (Å²) in [6.45, 7) is 0. The van der Waals surface area contributed by atoms with Gasteiger partial charge in [0.15, 0.2) is 0 Å². The Bertz CT molecular complexity index is 314. The summed E-state index contributed by atoms with van der Waals surface area (Å²) in [6, 6.07) is 4.45. The number of halogens is 1. The Kier molecular flexibility index (Phi) is 2.50. The Morgan fingerprint density at radius 1 is 1.58 bits per heavy atom. The number of hydrogen-bond acceptors (Lipinski definition) is 3. The Balaban J connectivity index is 3.21. The Labute approximate surface area is 74.1 Å². The maximum Gasteiger partial charge on any atom is 0.275 e. The van der Waals surface area contributed by atoms with Crippen LogP contribution in [0.2, 0.25) is 0 Å². The van der Waals surface area contributed by atoms with Gasteiger partial charge >= 0.3 is 0 Å². The maximum absolute atomic E-state index is 10.4. The third-order valence-electron chi connectivity index (χ3n) is 1.45. The zero-order chi connectivity index (χ0) is 9.14. The number of alkyl halides is 1. The molecule has 5 heteroatoms. The summed E-state index contributed by atoms with van der Waals surface area (Å²) < 4.78 is 0. The molecule has 1 aromatic rings. The number of benzene rings is 1. The molecule has 4 nitrogen and oxygen atoms in total. The van der Waals surface area contributed by atoms with Crippen molar-refractivity contribution in [2.75, 3.05) is 5.73 Å². The number of nitrogens with two attached hydrogens (primary N) is 1. The summed E-state index contributed by atoms with van der Waals surface area (Å²) in [5.74, 6) is 0.122. The Hall–Kier alpha value is -1.29. The van der Waals surface area contributed by atoms with Crippen molar-refractivity contribution >= 4 is 23.0 Å². The third kappa shape index (κ3) is 1.65. The molecule has 0 unspecified atom stereocenters. The molecule has 0 atom stereocenters. The Morgan fingerprint density at radius 2 is 2.25 bits per heavy atom. The summed E-state index contributed by atoms with van der Waals surface area (Å²) in [5.41, 5.74) is 6.20. The minimum atomic E-state index is -0.492. The normalized spacial score (nSPS) is 9.75. The lowest BCUT2D eigenvalue weighted by Crippen LogP contribution is -1.95. The molecule has 64 valence electrons. The fraction of sp³-hybridized carbons (Fsp3) is 0.143. The molecule has 0 aromatic heterocycles. The average molecular weight is 187 g/mol. The van der Waals surface area contributed by atoms with Crippen molar-refractivity contribution in [2.24, 2.45) is 0 Å². The smallest absolute Gasteiger partial charge is 0.275 e.